The molecule has 1 aliphatic rings. The molecule has 1 aliphatic heterocycles. The van der Waals surface area contributed by atoms with Gasteiger partial charge in [0.1, 0.15) is 0 Å². The second-order valence-corrected chi connectivity index (χ2v) is 7.28. The molecule has 1 fully saturated rings. The lowest BCUT2D eigenvalue weighted by Gasteiger charge is -2.17. The average molecular weight is 357 g/mol. The van der Waals surface area contributed by atoms with E-state index in [1.165, 1.54) is 0 Å². The predicted octanol–water partition coefficient (Wildman–Crippen LogP) is 2.78. The van der Waals surface area contributed by atoms with Gasteiger partial charge in [0.25, 0.3) is 0 Å². The van der Waals surface area contributed by atoms with E-state index in [9.17, 15) is 21.6 Å². The first kappa shape index (κ1) is 17.5. The fraction of sp³-hybridized carbons (Fsp3) is 0.538. The first-order valence-electron chi connectivity index (χ1n) is 6.80. The molecular formula is C13H16ClF3N2O2S. The lowest BCUT2D eigenvalue weighted by Crippen LogP contribution is -2.40. The Bertz CT molecular complexity index is 627. The molecule has 0 bridgehead atoms. The normalized spacial score (nSPS) is 20.6. The molecule has 1 aromatic rings. The van der Waals surface area contributed by atoms with E-state index in [0.717, 1.165) is 31.5 Å². The molecule has 4 nitrogen and oxygen atoms in total. The summed E-state index contributed by atoms with van der Waals surface area (Å²) < 4.78 is 65.4. The van der Waals surface area contributed by atoms with Crippen molar-refractivity contribution in [1.82, 2.24) is 10.0 Å². The highest BCUT2D eigenvalue weighted by atomic mass is 35.5. The van der Waals surface area contributed by atoms with Crippen LogP contribution < -0.4 is 10.0 Å². The predicted molar refractivity (Wildman–Crippen MR) is 77.3 cm³/mol. The van der Waals surface area contributed by atoms with Crippen molar-refractivity contribution in [2.75, 3.05) is 13.1 Å². The zero-order valence-electron chi connectivity index (χ0n) is 11.6. The summed E-state index contributed by atoms with van der Waals surface area (Å²) in [4.78, 5) is -0.437. The van der Waals surface area contributed by atoms with Crippen molar-refractivity contribution in [3.63, 3.8) is 0 Å². The van der Waals surface area contributed by atoms with E-state index < -0.39 is 31.7 Å². The molecule has 124 valence electrons. The van der Waals surface area contributed by atoms with Gasteiger partial charge in [-0.2, -0.15) is 13.2 Å². The molecule has 0 spiro atoms. The molecule has 2 N–H and O–H groups in total. The van der Waals surface area contributed by atoms with Crippen LogP contribution in [0, 0.1) is 0 Å². The number of benzene rings is 1. The summed E-state index contributed by atoms with van der Waals surface area (Å²) in [5.74, 6) is 0. The van der Waals surface area contributed by atoms with Gasteiger partial charge in [0.15, 0.2) is 0 Å². The van der Waals surface area contributed by atoms with Crippen molar-refractivity contribution in [1.29, 1.82) is 0 Å². The number of hydrogen-bond acceptors (Lipinski definition) is 3. The van der Waals surface area contributed by atoms with Crippen LogP contribution in [0.4, 0.5) is 13.2 Å². The molecule has 1 saturated heterocycles. The summed E-state index contributed by atoms with van der Waals surface area (Å²) in [5.41, 5.74) is -1.16. The minimum absolute atomic E-state index is 0.336. The summed E-state index contributed by atoms with van der Waals surface area (Å²) in [6, 6.07) is 2.25. The third kappa shape index (κ3) is 4.34. The molecular weight excluding hydrogens is 341 g/mol. The van der Waals surface area contributed by atoms with Gasteiger partial charge >= 0.3 is 6.18 Å². The molecule has 0 saturated carbocycles. The Morgan fingerprint density at radius 2 is 2.00 bits per heavy atom. The van der Waals surface area contributed by atoms with E-state index in [1.807, 2.05) is 0 Å². The minimum Gasteiger partial charge on any atom is -0.315 e. The van der Waals surface area contributed by atoms with Gasteiger partial charge in [-0.3, -0.25) is 0 Å². The van der Waals surface area contributed by atoms with Crippen LogP contribution in [-0.4, -0.2) is 27.5 Å². The van der Waals surface area contributed by atoms with Crippen LogP contribution in [0.5, 0.6) is 0 Å². The van der Waals surface area contributed by atoms with Crippen LogP contribution in [0.2, 0.25) is 5.02 Å². The summed E-state index contributed by atoms with van der Waals surface area (Å²) >= 11 is 5.50. The smallest absolute Gasteiger partial charge is 0.315 e. The summed E-state index contributed by atoms with van der Waals surface area (Å²) in [7, 11) is -4.02. The van der Waals surface area contributed by atoms with Crippen molar-refractivity contribution in [3.05, 3.63) is 28.8 Å². The van der Waals surface area contributed by atoms with Gasteiger partial charge in [-0.25, -0.2) is 13.1 Å². The molecule has 0 radical (unpaired) electrons. The molecule has 0 amide bonds. The van der Waals surface area contributed by atoms with Crippen molar-refractivity contribution in [3.8, 4) is 0 Å². The topological polar surface area (TPSA) is 58.2 Å². The second-order valence-electron chi connectivity index (χ2n) is 5.16. The van der Waals surface area contributed by atoms with Gasteiger partial charge in [0.2, 0.25) is 10.0 Å². The van der Waals surface area contributed by atoms with E-state index >= 15 is 0 Å². The number of alkyl halides is 3. The van der Waals surface area contributed by atoms with E-state index in [0.29, 0.717) is 19.0 Å². The standard InChI is InChI=1S/C13H16ClF3N2O2S/c14-12-5-4-10(7-11(12)13(15,16)17)22(20,21)19-9-3-1-2-6-18-8-9/h4-5,7,9,18-19H,1-3,6,8H2. The van der Waals surface area contributed by atoms with Crippen molar-refractivity contribution < 1.29 is 21.6 Å². The van der Waals surface area contributed by atoms with E-state index in [2.05, 4.69) is 10.0 Å². The summed E-state index contributed by atoms with van der Waals surface area (Å²) in [6.07, 6.45) is -2.26. The fourth-order valence-electron chi connectivity index (χ4n) is 2.30. The second kappa shape index (κ2) is 6.74. The lowest BCUT2D eigenvalue weighted by molar-refractivity contribution is -0.137. The fourth-order valence-corrected chi connectivity index (χ4v) is 3.82. The summed E-state index contributed by atoms with van der Waals surface area (Å²) in [5, 5.41) is 2.56. The zero-order chi connectivity index (χ0) is 16.4. The van der Waals surface area contributed by atoms with Crippen LogP contribution in [0.25, 0.3) is 0 Å². The Kier molecular flexibility index (Phi) is 5.37. The molecule has 0 aromatic heterocycles. The van der Waals surface area contributed by atoms with Gasteiger partial charge in [-0.05, 0) is 37.6 Å². The Morgan fingerprint density at radius 1 is 1.27 bits per heavy atom. The Balaban J connectivity index is 2.25. The highest BCUT2D eigenvalue weighted by Gasteiger charge is 2.34. The number of rotatable bonds is 3. The number of halogens is 4. The first-order valence-corrected chi connectivity index (χ1v) is 8.66. The Hall–Kier alpha value is -0.830. The quantitative estimate of drug-likeness (QED) is 0.875. The van der Waals surface area contributed by atoms with Gasteiger partial charge in [-0.15, -0.1) is 0 Å². The molecule has 2 rings (SSSR count). The molecule has 1 unspecified atom stereocenters. The molecule has 1 atom stereocenters. The third-order valence-corrected chi connectivity index (χ3v) is 5.27. The lowest BCUT2D eigenvalue weighted by atomic mass is 10.2. The van der Waals surface area contributed by atoms with Gasteiger partial charge in [0, 0.05) is 12.6 Å². The van der Waals surface area contributed by atoms with Gasteiger partial charge < -0.3 is 5.32 Å². The van der Waals surface area contributed by atoms with Crippen LogP contribution in [0.15, 0.2) is 23.1 Å². The Labute approximate surface area is 132 Å². The molecule has 1 aromatic carbocycles. The van der Waals surface area contributed by atoms with Crippen LogP contribution in [0.3, 0.4) is 0 Å². The van der Waals surface area contributed by atoms with E-state index in [4.69, 9.17) is 11.6 Å². The zero-order valence-corrected chi connectivity index (χ0v) is 13.2. The van der Waals surface area contributed by atoms with Crippen molar-refractivity contribution in [2.24, 2.45) is 0 Å². The molecule has 1 heterocycles. The average Bonchev–Trinajstić information content (AvgIpc) is 2.65. The molecule has 9 heteroatoms. The van der Waals surface area contributed by atoms with Crippen molar-refractivity contribution >= 4 is 21.6 Å². The van der Waals surface area contributed by atoms with Crippen molar-refractivity contribution in [2.45, 2.75) is 36.4 Å². The maximum atomic E-state index is 12.8. The maximum absolute atomic E-state index is 12.8. The largest absolute Gasteiger partial charge is 0.417 e. The molecule has 0 aliphatic carbocycles. The minimum atomic E-state index is -4.70. The maximum Gasteiger partial charge on any atom is 0.417 e. The third-order valence-electron chi connectivity index (χ3n) is 3.42. The number of hydrogen-bond donors (Lipinski definition) is 2. The Morgan fingerprint density at radius 3 is 2.68 bits per heavy atom. The monoisotopic (exact) mass is 356 g/mol. The SMILES string of the molecule is O=S(=O)(NC1CCCCNC1)c1ccc(Cl)c(C(F)(F)F)c1. The highest BCUT2D eigenvalue weighted by Crippen LogP contribution is 2.35. The summed E-state index contributed by atoms with van der Waals surface area (Å²) in [6.45, 7) is 1.26. The first-order chi connectivity index (χ1) is 10.2. The van der Waals surface area contributed by atoms with Crippen LogP contribution in [0.1, 0.15) is 24.8 Å². The number of sulfonamides is 1. The van der Waals surface area contributed by atoms with Crippen LogP contribution in [-0.2, 0) is 16.2 Å². The van der Waals surface area contributed by atoms with Gasteiger partial charge in [0.05, 0.1) is 15.5 Å². The highest BCUT2D eigenvalue weighted by molar-refractivity contribution is 7.89. The van der Waals surface area contributed by atoms with E-state index in [-0.39, 0.29) is 6.04 Å². The molecule has 22 heavy (non-hydrogen) atoms. The number of nitrogens with one attached hydrogen (secondary N) is 2. The van der Waals surface area contributed by atoms with Crippen LogP contribution >= 0.6 is 11.6 Å². The van der Waals surface area contributed by atoms with Gasteiger partial charge in [-0.1, -0.05) is 18.0 Å². The van der Waals surface area contributed by atoms with E-state index in [1.54, 1.807) is 0 Å².